The molecule has 1 aliphatic carbocycles. The first-order valence-electron chi connectivity index (χ1n) is 8.99. The van der Waals surface area contributed by atoms with Gasteiger partial charge in [0.1, 0.15) is 0 Å². The Kier molecular flexibility index (Phi) is 4.14. The summed E-state index contributed by atoms with van der Waals surface area (Å²) in [6.45, 7) is 6.45. The molecule has 2 heterocycles. The van der Waals surface area contributed by atoms with E-state index in [1.807, 2.05) is 13.8 Å². The van der Waals surface area contributed by atoms with E-state index in [1.54, 1.807) is 13.0 Å². The molecule has 9 heteroatoms. The summed E-state index contributed by atoms with van der Waals surface area (Å²) in [5, 5.41) is 9.95. The molecule has 1 aromatic heterocycles. The number of benzene rings is 1. The van der Waals surface area contributed by atoms with Crippen LogP contribution in [-0.4, -0.2) is 40.6 Å². The normalized spacial score (nSPS) is 28.4. The SMILES string of the molecule is CC1(C)COB(c2cc(C(F)(F)F)c3c(c2)ncn3C2CC(C)(O)C2)OC1. The van der Waals surface area contributed by atoms with Gasteiger partial charge in [-0.1, -0.05) is 13.8 Å². The molecule has 4 rings (SSSR count). The number of imidazole rings is 1. The fraction of sp³-hybridized carbons (Fsp3) is 0.611. The van der Waals surface area contributed by atoms with Gasteiger partial charge in [-0.15, -0.1) is 0 Å². The van der Waals surface area contributed by atoms with E-state index < -0.39 is 24.5 Å². The van der Waals surface area contributed by atoms with Crippen LogP contribution in [0.1, 0.15) is 45.2 Å². The number of hydrogen-bond acceptors (Lipinski definition) is 4. The van der Waals surface area contributed by atoms with Gasteiger partial charge in [-0.25, -0.2) is 4.98 Å². The van der Waals surface area contributed by atoms with Crippen LogP contribution in [0.25, 0.3) is 11.0 Å². The molecule has 1 saturated carbocycles. The molecule has 0 amide bonds. The van der Waals surface area contributed by atoms with Gasteiger partial charge in [0.2, 0.25) is 0 Å². The summed E-state index contributed by atoms with van der Waals surface area (Å²) in [5.74, 6) is 0. The number of hydrogen-bond donors (Lipinski definition) is 1. The van der Waals surface area contributed by atoms with Gasteiger partial charge in [-0.3, -0.25) is 0 Å². The zero-order valence-electron chi connectivity index (χ0n) is 15.5. The molecular formula is C18H22BF3N2O3. The van der Waals surface area contributed by atoms with Gasteiger partial charge < -0.3 is 19.0 Å². The highest BCUT2D eigenvalue weighted by Crippen LogP contribution is 2.44. The summed E-state index contributed by atoms with van der Waals surface area (Å²) >= 11 is 0. The van der Waals surface area contributed by atoms with Crippen molar-refractivity contribution < 1.29 is 27.6 Å². The first-order valence-corrected chi connectivity index (χ1v) is 8.99. The summed E-state index contributed by atoms with van der Waals surface area (Å²) in [4.78, 5) is 4.20. The molecule has 0 unspecified atom stereocenters. The monoisotopic (exact) mass is 382 g/mol. The third-order valence-electron chi connectivity index (χ3n) is 5.26. The average Bonchev–Trinajstić information content (AvgIpc) is 2.94. The molecule has 0 atom stereocenters. The highest BCUT2D eigenvalue weighted by atomic mass is 19.4. The van der Waals surface area contributed by atoms with Gasteiger partial charge in [-0.05, 0) is 37.4 Å². The molecule has 2 fully saturated rings. The molecule has 0 spiro atoms. The van der Waals surface area contributed by atoms with E-state index in [1.165, 1.54) is 10.9 Å². The van der Waals surface area contributed by atoms with Crippen molar-refractivity contribution in [3.05, 3.63) is 24.0 Å². The predicted octanol–water partition coefficient (Wildman–Crippen LogP) is 2.91. The summed E-state index contributed by atoms with van der Waals surface area (Å²) in [6, 6.07) is 2.50. The summed E-state index contributed by atoms with van der Waals surface area (Å²) in [7, 11) is -0.835. The third-order valence-corrected chi connectivity index (χ3v) is 5.26. The van der Waals surface area contributed by atoms with Crippen LogP contribution in [0.2, 0.25) is 0 Å². The minimum atomic E-state index is -4.54. The molecule has 1 aromatic carbocycles. The number of fused-ring (bicyclic) bond motifs is 1. The summed E-state index contributed by atoms with van der Waals surface area (Å²) < 4.78 is 54.3. The largest absolute Gasteiger partial charge is 0.493 e. The van der Waals surface area contributed by atoms with Crippen LogP contribution >= 0.6 is 0 Å². The van der Waals surface area contributed by atoms with Crippen molar-refractivity contribution in [2.24, 2.45) is 5.41 Å². The first-order chi connectivity index (χ1) is 12.5. The van der Waals surface area contributed by atoms with Gasteiger partial charge in [0, 0.05) is 24.7 Å². The topological polar surface area (TPSA) is 56.5 Å². The van der Waals surface area contributed by atoms with Crippen LogP contribution in [-0.2, 0) is 15.5 Å². The van der Waals surface area contributed by atoms with Crippen LogP contribution in [0.4, 0.5) is 13.2 Å². The highest BCUT2D eigenvalue weighted by molar-refractivity contribution is 6.61. The molecule has 27 heavy (non-hydrogen) atoms. The van der Waals surface area contributed by atoms with Crippen molar-refractivity contribution in [1.82, 2.24) is 9.55 Å². The van der Waals surface area contributed by atoms with Crippen molar-refractivity contribution in [1.29, 1.82) is 0 Å². The maximum absolute atomic E-state index is 13.8. The summed E-state index contributed by atoms with van der Waals surface area (Å²) in [6.07, 6.45) is -2.30. The number of nitrogens with zero attached hydrogens (tertiary/aromatic N) is 2. The first kappa shape index (κ1) is 18.8. The summed E-state index contributed by atoms with van der Waals surface area (Å²) in [5.41, 5.74) is -1.15. The van der Waals surface area contributed by atoms with Gasteiger partial charge in [0.15, 0.2) is 0 Å². The molecule has 2 aliphatic rings. The van der Waals surface area contributed by atoms with Crippen LogP contribution in [0.3, 0.4) is 0 Å². The number of aromatic nitrogens is 2. The Balaban J connectivity index is 1.74. The predicted molar refractivity (Wildman–Crippen MR) is 94.7 cm³/mol. The zero-order chi connectivity index (χ0) is 19.6. The Morgan fingerprint density at radius 2 is 1.81 bits per heavy atom. The molecule has 1 saturated heterocycles. The molecule has 0 radical (unpaired) electrons. The van der Waals surface area contributed by atoms with Crippen molar-refractivity contribution in [2.45, 2.75) is 51.4 Å². The average molecular weight is 382 g/mol. The lowest BCUT2D eigenvalue weighted by Gasteiger charge is -2.42. The van der Waals surface area contributed by atoms with Crippen molar-refractivity contribution in [3.8, 4) is 0 Å². The second kappa shape index (κ2) is 5.96. The van der Waals surface area contributed by atoms with E-state index >= 15 is 0 Å². The van der Waals surface area contributed by atoms with Gasteiger partial charge in [-0.2, -0.15) is 13.2 Å². The molecule has 1 N–H and O–H groups in total. The number of halogens is 3. The van der Waals surface area contributed by atoms with Gasteiger partial charge in [0.25, 0.3) is 0 Å². The second-order valence-corrected chi connectivity index (χ2v) is 8.76. The second-order valence-electron chi connectivity index (χ2n) is 8.76. The van der Waals surface area contributed by atoms with E-state index in [-0.39, 0.29) is 22.5 Å². The number of aliphatic hydroxyl groups is 1. The lowest BCUT2D eigenvalue weighted by Crippen LogP contribution is -2.47. The van der Waals surface area contributed by atoms with E-state index in [2.05, 4.69) is 4.98 Å². The number of alkyl halides is 3. The van der Waals surface area contributed by atoms with Gasteiger partial charge in [0.05, 0.1) is 28.5 Å². The lowest BCUT2D eigenvalue weighted by molar-refractivity contribution is -0.136. The number of rotatable bonds is 2. The minimum Gasteiger partial charge on any atom is -0.407 e. The maximum atomic E-state index is 13.8. The highest BCUT2D eigenvalue weighted by Gasteiger charge is 2.43. The maximum Gasteiger partial charge on any atom is 0.493 e. The quantitative estimate of drug-likeness (QED) is 0.812. The Hall–Kier alpha value is -1.58. The van der Waals surface area contributed by atoms with Crippen LogP contribution in [0.15, 0.2) is 18.5 Å². The molecule has 5 nitrogen and oxygen atoms in total. The van der Waals surface area contributed by atoms with Crippen LogP contribution in [0.5, 0.6) is 0 Å². The molecule has 2 aromatic rings. The minimum absolute atomic E-state index is 0.0443. The van der Waals surface area contributed by atoms with Crippen LogP contribution < -0.4 is 5.46 Å². The van der Waals surface area contributed by atoms with E-state index in [4.69, 9.17) is 9.31 Å². The Bertz CT molecular complexity index is 861. The molecule has 146 valence electrons. The molecule has 1 aliphatic heterocycles. The van der Waals surface area contributed by atoms with Gasteiger partial charge >= 0.3 is 13.3 Å². The van der Waals surface area contributed by atoms with E-state index in [0.717, 1.165) is 6.07 Å². The smallest absolute Gasteiger partial charge is 0.407 e. The van der Waals surface area contributed by atoms with Crippen molar-refractivity contribution in [2.75, 3.05) is 13.2 Å². The standard InChI is InChI=1S/C18H22BF3N2O3/c1-16(2)8-26-19(27-9-16)11-4-13(18(20,21)22)15-14(5-11)23-10-24(15)12-6-17(3,25)7-12/h4-5,10,12,25H,6-9H2,1-3H3. The fourth-order valence-electron chi connectivity index (χ4n) is 3.86. The lowest BCUT2D eigenvalue weighted by atomic mass is 9.74. The van der Waals surface area contributed by atoms with Crippen molar-refractivity contribution >= 4 is 23.6 Å². The third kappa shape index (κ3) is 3.48. The van der Waals surface area contributed by atoms with E-state index in [9.17, 15) is 18.3 Å². The molecule has 0 bridgehead atoms. The Morgan fingerprint density at radius 1 is 1.19 bits per heavy atom. The van der Waals surface area contributed by atoms with Crippen LogP contribution in [0, 0.1) is 5.41 Å². The van der Waals surface area contributed by atoms with E-state index in [0.29, 0.717) is 31.5 Å². The Labute approximate surface area is 155 Å². The Morgan fingerprint density at radius 3 is 2.37 bits per heavy atom. The fourth-order valence-corrected chi connectivity index (χ4v) is 3.86. The molecular weight excluding hydrogens is 360 g/mol. The zero-order valence-corrected chi connectivity index (χ0v) is 15.5. The van der Waals surface area contributed by atoms with Crippen molar-refractivity contribution in [3.63, 3.8) is 0 Å².